The van der Waals surface area contributed by atoms with Gasteiger partial charge >= 0.3 is 6.03 Å². The lowest BCUT2D eigenvalue weighted by atomic mass is 10.0. The second kappa shape index (κ2) is 18.2. The molecule has 2 atom stereocenters. The molecule has 1 heterocycles. The fourth-order valence-electron chi connectivity index (χ4n) is 5.29. The molecule has 0 aliphatic heterocycles. The molecule has 5 rings (SSSR count). The molecule has 0 fully saturated rings. The summed E-state index contributed by atoms with van der Waals surface area (Å²) >= 11 is 0. The molecule has 0 spiro atoms. The fraction of sp³-hybridized carbons (Fsp3) is 0.225. The number of para-hydroxylation sites is 1. The summed E-state index contributed by atoms with van der Waals surface area (Å²) < 4.78 is 5.81. The number of carbonyl (C=O) groups excluding carboxylic acids is 2. The van der Waals surface area contributed by atoms with Gasteiger partial charge in [0.05, 0.1) is 12.5 Å². The lowest BCUT2D eigenvalue weighted by Crippen LogP contribution is -2.34. The van der Waals surface area contributed by atoms with Gasteiger partial charge in [0.25, 0.3) is 0 Å². The number of urea groups is 1. The number of aliphatic hydroxyl groups excluding tert-OH is 1. The first-order valence-corrected chi connectivity index (χ1v) is 16.7. The Morgan fingerprint density at radius 2 is 1.32 bits per heavy atom. The summed E-state index contributed by atoms with van der Waals surface area (Å²) in [5.41, 5.74) is 11.3. The zero-order valence-corrected chi connectivity index (χ0v) is 28.1. The SMILES string of the molecule is C[C@H](Cc1cccc(CC(=O)NCc2ccc(CNC(=O)NCc3ccc(Oc4ccccc4)cc3)cc2)c1)NC[C@@H](O)c1ccc(N)nc1. The minimum atomic E-state index is -0.678. The summed E-state index contributed by atoms with van der Waals surface area (Å²) in [7, 11) is 0. The van der Waals surface area contributed by atoms with E-state index in [0.29, 0.717) is 37.6 Å². The molecule has 3 amide bonds. The zero-order valence-electron chi connectivity index (χ0n) is 28.1. The van der Waals surface area contributed by atoms with Crippen molar-refractivity contribution in [3.63, 3.8) is 0 Å². The number of pyridine rings is 1. The van der Waals surface area contributed by atoms with E-state index in [0.717, 1.165) is 45.7 Å². The van der Waals surface area contributed by atoms with Crippen LogP contribution in [-0.4, -0.2) is 34.6 Å². The van der Waals surface area contributed by atoms with Crippen molar-refractivity contribution in [3.8, 4) is 11.5 Å². The van der Waals surface area contributed by atoms with Crippen LogP contribution in [0, 0.1) is 0 Å². The summed E-state index contributed by atoms with van der Waals surface area (Å²) in [6.45, 7) is 3.65. The Kier molecular flexibility index (Phi) is 12.9. The van der Waals surface area contributed by atoms with Gasteiger partial charge < -0.3 is 36.8 Å². The van der Waals surface area contributed by atoms with Crippen LogP contribution in [0.5, 0.6) is 11.5 Å². The maximum Gasteiger partial charge on any atom is 0.315 e. The summed E-state index contributed by atoms with van der Waals surface area (Å²) in [5.74, 6) is 1.86. The molecule has 1 aromatic heterocycles. The second-order valence-electron chi connectivity index (χ2n) is 12.2. The Morgan fingerprint density at radius 1 is 0.720 bits per heavy atom. The molecule has 10 nitrogen and oxygen atoms in total. The summed E-state index contributed by atoms with van der Waals surface area (Å²) in [4.78, 5) is 29.1. The smallest absolute Gasteiger partial charge is 0.315 e. The molecular weight excluding hydrogens is 628 g/mol. The minimum Gasteiger partial charge on any atom is -0.457 e. The Hall–Kier alpha value is -5.71. The van der Waals surface area contributed by atoms with E-state index < -0.39 is 6.10 Å². The number of nitrogens with one attached hydrogen (secondary N) is 4. The normalized spacial score (nSPS) is 12.0. The van der Waals surface area contributed by atoms with E-state index >= 15 is 0 Å². The molecule has 7 N–H and O–H groups in total. The van der Waals surface area contributed by atoms with Crippen molar-refractivity contribution in [3.05, 3.63) is 155 Å². The largest absolute Gasteiger partial charge is 0.457 e. The Bertz CT molecular complexity index is 1800. The molecular formula is C40H44N6O4. The number of carbonyl (C=O) groups is 2. The van der Waals surface area contributed by atoms with E-state index in [2.05, 4.69) is 33.2 Å². The van der Waals surface area contributed by atoms with Crippen molar-refractivity contribution >= 4 is 17.8 Å². The zero-order chi connectivity index (χ0) is 35.1. The molecule has 0 saturated heterocycles. The number of hydrogen-bond acceptors (Lipinski definition) is 7. The van der Waals surface area contributed by atoms with Gasteiger partial charge in [0.1, 0.15) is 17.3 Å². The van der Waals surface area contributed by atoms with Crippen LogP contribution in [0.2, 0.25) is 0 Å². The molecule has 5 aromatic rings. The quantitative estimate of drug-likeness (QED) is 0.0803. The van der Waals surface area contributed by atoms with E-state index in [1.807, 2.05) is 103 Å². The van der Waals surface area contributed by atoms with Crippen molar-refractivity contribution in [2.24, 2.45) is 0 Å². The van der Waals surface area contributed by atoms with Gasteiger partial charge in [-0.2, -0.15) is 0 Å². The summed E-state index contributed by atoms with van der Waals surface area (Å²) in [5, 5.41) is 22.6. The van der Waals surface area contributed by atoms with E-state index in [1.54, 1.807) is 18.3 Å². The van der Waals surface area contributed by atoms with Gasteiger partial charge in [0.2, 0.25) is 5.91 Å². The number of nitrogens with two attached hydrogens (primary N) is 1. The number of aliphatic hydroxyl groups is 1. The van der Waals surface area contributed by atoms with Crippen LogP contribution in [0.25, 0.3) is 0 Å². The summed E-state index contributed by atoms with van der Waals surface area (Å²) in [6, 6.07) is 36.3. The number of anilines is 1. The monoisotopic (exact) mass is 672 g/mol. The topological polar surface area (TPSA) is 151 Å². The first-order chi connectivity index (χ1) is 24.3. The third kappa shape index (κ3) is 11.8. The molecule has 0 bridgehead atoms. The number of nitrogen functional groups attached to an aromatic ring is 1. The standard InChI is InChI=1S/C40H44N6O4/c1-28(42-27-37(47)34-16-19-38(41)43-26-34)20-32-6-5-7-33(21-32)22-39(48)44-23-29-10-12-30(13-11-29)24-45-40(49)46-25-31-14-17-36(18-15-31)50-35-8-3-2-4-9-35/h2-19,21,26,28,37,42,47H,20,22-25,27H2,1H3,(H2,41,43)(H,44,48)(H2,45,46,49)/t28-,37-/m1/s1. The highest BCUT2D eigenvalue weighted by Gasteiger charge is 2.12. The Labute approximate surface area is 293 Å². The number of amides is 3. The Morgan fingerprint density at radius 3 is 1.96 bits per heavy atom. The second-order valence-corrected chi connectivity index (χ2v) is 12.2. The van der Waals surface area contributed by atoms with Gasteiger partial charge in [-0.3, -0.25) is 4.79 Å². The fourth-order valence-corrected chi connectivity index (χ4v) is 5.29. The van der Waals surface area contributed by atoms with Crippen molar-refractivity contribution in [1.29, 1.82) is 0 Å². The highest BCUT2D eigenvalue weighted by Crippen LogP contribution is 2.21. The van der Waals surface area contributed by atoms with E-state index in [-0.39, 0.29) is 24.4 Å². The van der Waals surface area contributed by atoms with Gasteiger partial charge in [0, 0.05) is 44.0 Å². The first-order valence-electron chi connectivity index (χ1n) is 16.7. The molecule has 0 aliphatic rings. The lowest BCUT2D eigenvalue weighted by Gasteiger charge is -2.18. The lowest BCUT2D eigenvalue weighted by molar-refractivity contribution is -0.120. The molecule has 0 unspecified atom stereocenters. The molecule has 258 valence electrons. The third-order valence-corrected chi connectivity index (χ3v) is 8.07. The molecule has 10 heteroatoms. The summed E-state index contributed by atoms with van der Waals surface area (Å²) in [6.07, 6.45) is 1.94. The minimum absolute atomic E-state index is 0.0608. The highest BCUT2D eigenvalue weighted by molar-refractivity contribution is 5.78. The molecule has 0 radical (unpaired) electrons. The van der Waals surface area contributed by atoms with Crippen LogP contribution in [0.1, 0.15) is 46.4 Å². The predicted molar refractivity (Wildman–Crippen MR) is 195 cm³/mol. The number of nitrogens with zero attached hydrogens (tertiary/aromatic N) is 1. The maximum atomic E-state index is 12.7. The first kappa shape index (κ1) is 35.6. The van der Waals surface area contributed by atoms with Gasteiger partial charge in [-0.1, -0.05) is 84.9 Å². The van der Waals surface area contributed by atoms with Crippen LogP contribution in [0.3, 0.4) is 0 Å². The van der Waals surface area contributed by atoms with Crippen molar-refractivity contribution in [1.82, 2.24) is 26.3 Å². The molecule has 50 heavy (non-hydrogen) atoms. The van der Waals surface area contributed by atoms with Crippen molar-refractivity contribution < 1.29 is 19.4 Å². The average molecular weight is 673 g/mol. The van der Waals surface area contributed by atoms with Crippen molar-refractivity contribution in [2.75, 3.05) is 12.3 Å². The van der Waals surface area contributed by atoms with Crippen LogP contribution in [-0.2, 0) is 37.3 Å². The van der Waals surface area contributed by atoms with Crippen LogP contribution in [0.15, 0.2) is 121 Å². The number of rotatable bonds is 16. The van der Waals surface area contributed by atoms with Crippen LogP contribution in [0.4, 0.5) is 10.6 Å². The Balaban J connectivity index is 0.974. The van der Waals surface area contributed by atoms with E-state index in [9.17, 15) is 14.7 Å². The van der Waals surface area contributed by atoms with E-state index in [4.69, 9.17) is 10.5 Å². The van der Waals surface area contributed by atoms with Crippen LogP contribution >= 0.6 is 0 Å². The number of aromatic nitrogens is 1. The van der Waals surface area contributed by atoms with Gasteiger partial charge in [-0.25, -0.2) is 9.78 Å². The van der Waals surface area contributed by atoms with Crippen molar-refractivity contribution in [2.45, 2.75) is 51.5 Å². The number of hydrogen-bond donors (Lipinski definition) is 6. The molecule has 0 saturated carbocycles. The molecule has 4 aromatic carbocycles. The third-order valence-electron chi connectivity index (χ3n) is 8.07. The van der Waals surface area contributed by atoms with Gasteiger partial charge in [0.15, 0.2) is 0 Å². The van der Waals surface area contributed by atoms with Gasteiger partial charge in [-0.15, -0.1) is 0 Å². The number of ether oxygens (including phenoxy) is 1. The highest BCUT2D eigenvalue weighted by atomic mass is 16.5. The van der Waals surface area contributed by atoms with Crippen LogP contribution < -0.4 is 31.7 Å². The average Bonchev–Trinajstić information content (AvgIpc) is 3.13. The molecule has 0 aliphatic carbocycles. The number of benzene rings is 4. The van der Waals surface area contributed by atoms with Gasteiger partial charge in [-0.05, 0) is 71.5 Å². The maximum absolute atomic E-state index is 12.7. The van der Waals surface area contributed by atoms with E-state index in [1.165, 1.54) is 0 Å². The predicted octanol–water partition coefficient (Wildman–Crippen LogP) is 5.57.